The van der Waals surface area contributed by atoms with Crippen LogP contribution in [-0.4, -0.2) is 0 Å². The molecule has 42 heavy (non-hydrogen) atoms. The highest BCUT2D eigenvalue weighted by Gasteiger charge is 2.23. The minimum atomic E-state index is -0.297. The summed E-state index contributed by atoms with van der Waals surface area (Å²) >= 11 is 3.18. The summed E-state index contributed by atoms with van der Waals surface area (Å²) < 4.78 is 31.1. The fourth-order valence-corrected chi connectivity index (χ4v) is 8.82. The average molecular weight is 581 g/mol. The maximum atomic E-state index is 13.5. The normalized spacial score (nSPS) is 12.8. The van der Waals surface area contributed by atoms with Gasteiger partial charge in [-0.15, -0.1) is 22.7 Å². The molecule has 2 heterocycles. The number of nitriles is 2. The summed E-state index contributed by atoms with van der Waals surface area (Å²) in [7, 11) is 0. The Hall–Kier alpha value is -5.28. The van der Waals surface area contributed by atoms with Gasteiger partial charge >= 0.3 is 0 Å². The third kappa shape index (κ3) is 3.47. The Balaban J connectivity index is 1.43. The largest absolute Gasteiger partial charge is 0.207 e. The molecule has 0 atom stereocenters. The highest BCUT2D eigenvalue weighted by atomic mass is 32.1. The monoisotopic (exact) mass is 580 g/mol. The number of rotatable bonds is 2. The third-order valence-electron chi connectivity index (χ3n) is 7.72. The summed E-state index contributed by atoms with van der Waals surface area (Å²) in [6.07, 6.45) is 3.96. The van der Waals surface area contributed by atoms with E-state index >= 15 is 0 Å². The van der Waals surface area contributed by atoms with Gasteiger partial charge in [-0.1, -0.05) is 48.5 Å². The van der Waals surface area contributed by atoms with Crippen molar-refractivity contribution in [3.8, 4) is 34.6 Å². The lowest BCUT2D eigenvalue weighted by Gasteiger charge is -2.03. The van der Waals surface area contributed by atoms with Crippen LogP contribution in [0.5, 0.6) is 0 Å². The molecule has 0 bridgehead atoms. The molecule has 0 aliphatic carbocycles. The van der Waals surface area contributed by atoms with Gasteiger partial charge in [0.05, 0.1) is 18.8 Å². The minimum Gasteiger partial charge on any atom is -0.207 e. The lowest BCUT2D eigenvalue weighted by atomic mass is 10.0. The van der Waals surface area contributed by atoms with Crippen molar-refractivity contribution >= 4 is 73.8 Å². The van der Waals surface area contributed by atoms with Gasteiger partial charge in [0.25, 0.3) is 0 Å². The van der Waals surface area contributed by atoms with Crippen molar-refractivity contribution in [2.75, 3.05) is 0 Å². The Kier molecular flexibility index (Phi) is 5.32. The van der Waals surface area contributed by atoms with E-state index in [1.165, 1.54) is 24.3 Å². The maximum absolute atomic E-state index is 13.5. The molecule has 0 N–H and O–H groups in total. The van der Waals surface area contributed by atoms with Gasteiger partial charge in [0.2, 0.25) is 12.4 Å². The molecule has 196 valence electrons. The van der Waals surface area contributed by atoms with Crippen LogP contribution in [0.1, 0.15) is 0 Å². The van der Waals surface area contributed by atoms with Gasteiger partial charge in [-0.3, -0.25) is 0 Å². The van der Waals surface area contributed by atoms with E-state index in [4.69, 9.17) is 0 Å². The number of hydrogen-bond acceptors (Lipinski definition) is 6. The smallest absolute Gasteiger partial charge is 0.206 e. The molecule has 0 aliphatic heterocycles. The average Bonchev–Trinajstić information content (AvgIpc) is 3.71. The zero-order valence-corrected chi connectivity index (χ0v) is 23.1. The van der Waals surface area contributed by atoms with Gasteiger partial charge in [-0.05, 0) is 69.4 Å². The minimum absolute atomic E-state index is 0.297. The van der Waals surface area contributed by atoms with Gasteiger partial charge in [0.1, 0.15) is 22.3 Å². The van der Waals surface area contributed by atoms with Crippen LogP contribution in [0.15, 0.2) is 94.9 Å². The molecule has 0 saturated heterocycles. The molecule has 8 heteroatoms. The SMILES string of the molecule is N#C/N=c1/c2cc(-c3ccc(F)cc3)ccc2c2c1sc1c2sc2/c(=N/C#N)c3cc(-c4ccc(F)cc4)ccc3c21. The Bertz CT molecular complexity index is 2420. The van der Waals surface area contributed by atoms with E-state index in [1.807, 2.05) is 48.8 Å². The summed E-state index contributed by atoms with van der Waals surface area (Å²) in [4.78, 5) is 8.49. The predicted octanol–water partition coefficient (Wildman–Crippen LogP) is 8.83. The van der Waals surface area contributed by atoms with Crippen LogP contribution in [0.3, 0.4) is 0 Å². The van der Waals surface area contributed by atoms with Gasteiger partial charge in [0.15, 0.2) is 0 Å². The summed E-state index contributed by atoms with van der Waals surface area (Å²) in [5, 5.41) is 26.2. The molecule has 8 rings (SSSR count). The first-order valence-electron chi connectivity index (χ1n) is 12.9. The maximum Gasteiger partial charge on any atom is 0.206 e. The molecular formula is C34H14F2N4S2. The highest BCUT2D eigenvalue weighted by molar-refractivity contribution is 7.37. The fourth-order valence-electron chi connectivity index (χ4n) is 5.88. The second-order valence-electron chi connectivity index (χ2n) is 9.93. The number of thiophene rings is 2. The van der Waals surface area contributed by atoms with Crippen LogP contribution >= 0.6 is 22.7 Å². The third-order valence-corrected chi connectivity index (χ3v) is 10.3. The zero-order chi connectivity index (χ0) is 28.5. The van der Waals surface area contributed by atoms with E-state index < -0.39 is 0 Å². The Labute approximate surface area is 244 Å². The summed E-state index contributed by atoms with van der Waals surface area (Å²) in [5.41, 5.74) is 3.57. The second-order valence-corrected chi connectivity index (χ2v) is 12.0. The first-order valence-corrected chi connectivity index (χ1v) is 14.5. The van der Waals surface area contributed by atoms with E-state index in [1.54, 1.807) is 46.9 Å². The van der Waals surface area contributed by atoms with Crippen molar-refractivity contribution in [1.82, 2.24) is 0 Å². The summed E-state index contributed by atoms with van der Waals surface area (Å²) in [6, 6.07) is 24.8. The van der Waals surface area contributed by atoms with E-state index in [9.17, 15) is 19.3 Å². The van der Waals surface area contributed by atoms with Crippen LogP contribution in [0.2, 0.25) is 0 Å². The van der Waals surface area contributed by atoms with Crippen molar-refractivity contribution in [1.29, 1.82) is 10.5 Å². The zero-order valence-electron chi connectivity index (χ0n) is 21.4. The fraction of sp³-hybridized carbons (Fsp3) is 0. The van der Waals surface area contributed by atoms with E-state index in [-0.39, 0.29) is 11.6 Å². The highest BCUT2D eigenvalue weighted by Crippen LogP contribution is 2.48. The van der Waals surface area contributed by atoms with Crippen molar-refractivity contribution in [2.24, 2.45) is 9.98 Å². The molecule has 0 unspecified atom stereocenters. The second kappa shape index (κ2) is 9.12. The first kappa shape index (κ1) is 24.5. The van der Waals surface area contributed by atoms with Crippen LogP contribution in [0.25, 0.3) is 73.4 Å². The predicted molar refractivity (Wildman–Crippen MR) is 165 cm³/mol. The molecule has 0 aliphatic rings. The van der Waals surface area contributed by atoms with E-state index in [0.29, 0.717) is 10.7 Å². The van der Waals surface area contributed by atoms with Crippen LogP contribution in [0, 0.1) is 34.5 Å². The summed E-state index contributed by atoms with van der Waals surface area (Å²) in [5.74, 6) is -0.593. The number of halogens is 2. The molecule has 0 saturated carbocycles. The van der Waals surface area contributed by atoms with Crippen molar-refractivity contribution in [3.05, 3.63) is 107 Å². The molecule has 0 fully saturated rings. The van der Waals surface area contributed by atoms with Crippen molar-refractivity contribution in [2.45, 2.75) is 0 Å². The molecule has 0 radical (unpaired) electrons. The summed E-state index contributed by atoms with van der Waals surface area (Å²) in [6.45, 7) is 0. The van der Waals surface area contributed by atoms with Gasteiger partial charge < -0.3 is 0 Å². The molecule has 8 aromatic rings. The Morgan fingerprint density at radius 3 is 1.24 bits per heavy atom. The lowest BCUT2D eigenvalue weighted by molar-refractivity contribution is 0.627. The standard InChI is InChI=1S/C34H14F2N4S2/c35-21-7-1-17(2-8-21)19-5-11-23-25(13-19)29(39-15-37)31-27(23)33-34(41-31)28-24-12-6-20(18-3-9-22(36)10-4-18)14-26(24)30(40-16-38)32(28)42-33/h1-14H/b39-29-,40-30+. The quantitative estimate of drug-likeness (QED) is 0.192. The molecule has 6 aromatic carbocycles. The van der Waals surface area contributed by atoms with Crippen molar-refractivity contribution in [3.63, 3.8) is 0 Å². The number of benzene rings is 4. The van der Waals surface area contributed by atoms with Crippen LogP contribution < -0.4 is 10.7 Å². The molecule has 0 spiro atoms. The first-order chi connectivity index (χ1) is 20.6. The molecule has 4 nitrogen and oxygen atoms in total. The van der Waals surface area contributed by atoms with Gasteiger partial charge in [0, 0.05) is 21.5 Å². The van der Waals surface area contributed by atoms with E-state index in [2.05, 4.69) is 9.98 Å². The topological polar surface area (TPSA) is 72.3 Å². The van der Waals surface area contributed by atoms with Gasteiger partial charge in [-0.2, -0.15) is 20.5 Å². The number of hydrogen-bond donors (Lipinski definition) is 0. The lowest BCUT2D eigenvalue weighted by Crippen LogP contribution is -1.96. The molecule has 0 amide bonds. The molecular weight excluding hydrogens is 567 g/mol. The van der Waals surface area contributed by atoms with Crippen LogP contribution in [0.4, 0.5) is 8.78 Å². The van der Waals surface area contributed by atoms with Gasteiger partial charge in [-0.25, -0.2) is 8.78 Å². The van der Waals surface area contributed by atoms with Crippen LogP contribution in [-0.2, 0) is 0 Å². The Morgan fingerprint density at radius 1 is 0.476 bits per heavy atom. The van der Waals surface area contributed by atoms with Crippen molar-refractivity contribution < 1.29 is 8.78 Å². The molecule has 2 aromatic heterocycles. The number of fused-ring (bicyclic) bond motifs is 9. The number of nitrogens with zero attached hydrogens (tertiary/aromatic N) is 4. The van der Waals surface area contributed by atoms with E-state index in [0.717, 1.165) is 73.4 Å². The Morgan fingerprint density at radius 2 is 0.857 bits per heavy atom.